The van der Waals surface area contributed by atoms with Gasteiger partial charge in [-0.1, -0.05) is 18.2 Å². The van der Waals surface area contributed by atoms with E-state index in [1.807, 2.05) is 0 Å². The Bertz CT molecular complexity index is 1330. The van der Waals surface area contributed by atoms with Crippen LogP contribution in [-0.2, 0) is 0 Å². The van der Waals surface area contributed by atoms with E-state index < -0.39 is 23.2 Å². The third-order valence-electron chi connectivity index (χ3n) is 5.16. The van der Waals surface area contributed by atoms with Crippen molar-refractivity contribution in [1.29, 1.82) is 0 Å². The summed E-state index contributed by atoms with van der Waals surface area (Å²) in [5, 5.41) is 0.0860. The number of pyridine rings is 1. The van der Waals surface area contributed by atoms with Crippen LogP contribution in [0.15, 0.2) is 76.1 Å². The van der Waals surface area contributed by atoms with Gasteiger partial charge in [0.25, 0.3) is 5.91 Å². The number of carbonyl (C=O) groups is 1. The summed E-state index contributed by atoms with van der Waals surface area (Å²) in [5.41, 5.74) is 0.550. The van der Waals surface area contributed by atoms with Crippen LogP contribution < -0.4 is 15.1 Å². The number of amides is 1. The Hall–Kier alpha value is -4.00. The summed E-state index contributed by atoms with van der Waals surface area (Å²) in [4.78, 5) is 32.4. The predicted molar refractivity (Wildman–Crippen MR) is 108 cm³/mol. The molecule has 5 rings (SSSR count). The second-order valence-corrected chi connectivity index (χ2v) is 6.85. The maximum Gasteiger partial charge on any atom is 0.296 e. The average molecular weight is 402 g/mol. The fourth-order valence-corrected chi connectivity index (χ4v) is 3.78. The standard InChI is InChI=1S/C23H15FN2O4/c1-29-15-8-5-13(6-9-15)20-19-21(27)16-12-14(24)7-10-17(16)30-22(19)23(28)26(20)18-4-2-3-11-25-18/h2-12,20H,1H3. The Labute approximate surface area is 170 Å². The third-order valence-corrected chi connectivity index (χ3v) is 5.16. The van der Waals surface area contributed by atoms with Crippen molar-refractivity contribution in [1.82, 2.24) is 4.98 Å². The van der Waals surface area contributed by atoms with E-state index in [0.717, 1.165) is 6.07 Å². The van der Waals surface area contributed by atoms with Gasteiger partial charge in [0, 0.05) is 6.20 Å². The number of anilines is 1. The van der Waals surface area contributed by atoms with E-state index >= 15 is 0 Å². The minimum absolute atomic E-state index is 0.0643. The zero-order valence-electron chi connectivity index (χ0n) is 15.8. The summed E-state index contributed by atoms with van der Waals surface area (Å²) in [6.07, 6.45) is 1.57. The van der Waals surface area contributed by atoms with E-state index in [1.54, 1.807) is 55.8 Å². The van der Waals surface area contributed by atoms with E-state index in [4.69, 9.17) is 9.15 Å². The molecule has 1 unspecified atom stereocenters. The first-order valence-corrected chi connectivity index (χ1v) is 9.23. The first kappa shape index (κ1) is 18.1. The molecule has 30 heavy (non-hydrogen) atoms. The average Bonchev–Trinajstić information content (AvgIpc) is 3.07. The van der Waals surface area contributed by atoms with E-state index in [9.17, 15) is 14.0 Å². The smallest absolute Gasteiger partial charge is 0.296 e. The second-order valence-electron chi connectivity index (χ2n) is 6.85. The Kier molecular flexibility index (Phi) is 4.10. The van der Waals surface area contributed by atoms with Gasteiger partial charge < -0.3 is 9.15 Å². The molecule has 2 aromatic heterocycles. The van der Waals surface area contributed by atoms with Crippen molar-refractivity contribution in [3.63, 3.8) is 0 Å². The molecule has 0 saturated heterocycles. The van der Waals surface area contributed by atoms with E-state index in [2.05, 4.69) is 4.98 Å². The molecule has 1 aliphatic heterocycles. The summed E-state index contributed by atoms with van der Waals surface area (Å²) < 4.78 is 24.8. The van der Waals surface area contributed by atoms with Gasteiger partial charge in [0.15, 0.2) is 5.43 Å². The van der Waals surface area contributed by atoms with Crippen LogP contribution in [0.25, 0.3) is 11.0 Å². The van der Waals surface area contributed by atoms with Gasteiger partial charge in [-0.3, -0.25) is 14.5 Å². The molecule has 0 aliphatic carbocycles. The quantitative estimate of drug-likeness (QED) is 0.516. The number of hydrogen-bond acceptors (Lipinski definition) is 5. The number of methoxy groups -OCH3 is 1. The lowest BCUT2D eigenvalue weighted by atomic mass is 9.98. The first-order valence-electron chi connectivity index (χ1n) is 9.23. The number of ether oxygens (including phenoxy) is 1. The van der Waals surface area contributed by atoms with Crippen molar-refractivity contribution in [2.75, 3.05) is 12.0 Å². The summed E-state index contributed by atoms with van der Waals surface area (Å²) >= 11 is 0. The minimum atomic E-state index is -0.766. The summed E-state index contributed by atoms with van der Waals surface area (Å²) in [7, 11) is 1.55. The number of halogens is 1. The molecule has 7 heteroatoms. The molecule has 3 heterocycles. The summed E-state index contributed by atoms with van der Waals surface area (Å²) in [5.74, 6) is -0.0790. The van der Waals surface area contributed by atoms with Crippen LogP contribution in [0.4, 0.5) is 10.2 Å². The molecule has 0 spiro atoms. The van der Waals surface area contributed by atoms with E-state index in [1.165, 1.54) is 17.0 Å². The summed E-state index contributed by atoms with van der Waals surface area (Å²) in [6, 6.07) is 15.1. The van der Waals surface area contributed by atoms with Gasteiger partial charge in [-0.15, -0.1) is 0 Å². The van der Waals surface area contributed by atoms with Crippen molar-refractivity contribution >= 4 is 22.7 Å². The van der Waals surface area contributed by atoms with Gasteiger partial charge in [0.2, 0.25) is 5.76 Å². The zero-order chi connectivity index (χ0) is 20.8. The molecule has 148 valence electrons. The lowest BCUT2D eigenvalue weighted by Gasteiger charge is -2.24. The Morgan fingerprint density at radius 3 is 2.57 bits per heavy atom. The van der Waals surface area contributed by atoms with Crippen molar-refractivity contribution in [2.24, 2.45) is 0 Å². The highest BCUT2D eigenvalue weighted by Gasteiger charge is 2.44. The van der Waals surface area contributed by atoms with Gasteiger partial charge in [-0.05, 0) is 48.0 Å². The topological polar surface area (TPSA) is 72.6 Å². The van der Waals surface area contributed by atoms with E-state index in [-0.39, 0.29) is 22.3 Å². The maximum atomic E-state index is 13.8. The molecule has 1 amide bonds. The second kappa shape index (κ2) is 6.81. The highest BCUT2D eigenvalue weighted by Crippen LogP contribution is 2.40. The number of carbonyl (C=O) groups excluding carboxylic acids is 1. The molecule has 0 fully saturated rings. The number of nitrogens with zero attached hydrogens (tertiary/aromatic N) is 2. The van der Waals surface area contributed by atoms with Crippen LogP contribution in [0.3, 0.4) is 0 Å². The monoisotopic (exact) mass is 402 g/mol. The fourth-order valence-electron chi connectivity index (χ4n) is 3.78. The third kappa shape index (κ3) is 2.67. The molecule has 0 radical (unpaired) electrons. The number of benzene rings is 2. The molecule has 6 nitrogen and oxygen atoms in total. The summed E-state index contributed by atoms with van der Waals surface area (Å²) in [6.45, 7) is 0. The Morgan fingerprint density at radius 2 is 1.87 bits per heavy atom. The fraction of sp³-hybridized carbons (Fsp3) is 0.0870. The van der Waals surface area contributed by atoms with Crippen LogP contribution >= 0.6 is 0 Å². The Balaban J connectivity index is 1.80. The Morgan fingerprint density at radius 1 is 1.07 bits per heavy atom. The van der Waals surface area contributed by atoms with Crippen molar-refractivity contribution < 1.29 is 18.3 Å². The van der Waals surface area contributed by atoms with Gasteiger partial charge in [0.1, 0.15) is 23.0 Å². The molecular weight excluding hydrogens is 387 g/mol. The van der Waals surface area contributed by atoms with Crippen LogP contribution in [-0.4, -0.2) is 18.0 Å². The maximum absolute atomic E-state index is 13.8. The molecule has 2 aromatic carbocycles. The number of aromatic nitrogens is 1. The van der Waals surface area contributed by atoms with Gasteiger partial charge in [-0.25, -0.2) is 9.37 Å². The number of rotatable bonds is 3. The van der Waals surface area contributed by atoms with Gasteiger partial charge in [0.05, 0.1) is 24.1 Å². The van der Waals surface area contributed by atoms with Crippen LogP contribution in [0.1, 0.15) is 27.7 Å². The molecule has 0 saturated carbocycles. The van der Waals surface area contributed by atoms with Crippen molar-refractivity contribution in [3.05, 3.63) is 99.8 Å². The lowest BCUT2D eigenvalue weighted by molar-refractivity contribution is 0.0970. The number of fused-ring (bicyclic) bond motifs is 2. The van der Waals surface area contributed by atoms with E-state index in [0.29, 0.717) is 17.1 Å². The molecule has 4 aromatic rings. The molecule has 1 atom stereocenters. The molecule has 1 aliphatic rings. The van der Waals surface area contributed by atoms with Crippen LogP contribution in [0, 0.1) is 5.82 Å². The molecule has 0 bridgehead atoms. The van der Waals surface area contributed by atoms with Crippen LogP contribution in [0.5, 0.6) is 5.75 Å². The normalized spacial score (nSPS) is 15.5. The molecular formula is C23H15FN2O4. The highest BCUT2D eigenvalue weighted by molar-refractivity contribution is 6.10. The van der Waals surface area contributed by atoms with Crippen molar-refractivity contribution in [3.8, 4) is 5.75 Å². The zero-order valence-corrected chi connectivity index (χ0v) is 15.8. The van der Waals surface area contributed by atoms with Crippen molar-refractivity contribution in [2.45, 2.75) is 6.04 Å². The van der Waals surface area contributed by atoms with Gasteiger partial charge >= 0.3 is 0 Å². The predicted octanol–water partition coefficient (Wildman–Crippen LogP) is 4.09. The van der Waals surface area contributed by atoms with Gasteiger partial charge in [-0.2, -0.15) is 0 Å². The number of hydrogen-bond donors (Lipinski definition) is 0. The molecule has 0 N–H and O–H groups in total. The largest absolute Gasteiger partial charge is 0.497 e. The lowest BCUT2D eigenvalue weighted by Crippen LogP contribution is -2.30. The minimum Gasteiger partial charge on any atom is -0.497 e. The first-order chi connectivity index (χ1) is 14.6. The van der Waals surface area contributed by atoms with Crippen LogP contribution in [0.2, 0.25) is 0 Å². The highest BCUT2D eigenvalue weighted by atomic mass is 19.1. The SMILES string of the molecule is COc1ccc(C2c3c(oc4ccc(F)cc4c3=O)C(=O)N2c2ccccn2)cc1.